The summed E-state index contributed by atoms with van der Waals surface area (Å²) in [5.74, 6) is 0.648. The molecule has 4 nitrogen and oxygen atoms in total. The average molecular weight is 270 g/mol. The molecule has 1 fully saturated rings. The zero-order valence-corrected chi connectivity index (χ0v) is 11.7. The van der Waals surface area contributed by atoms with Crippen LogP contribution in [-0.4, -0.2) is 30.7 Å². The highest BCUT2D eigenvalue weighted by Crippen LogP contribution is 2.32. The molecule has 1 N–H and O–H groups in total. The molecule has 1 aromatic rings. The van der Waals surface area contributed by atoms with Gasteiger partial charge in [-0.3, -0.25) is 5.43 Å². The number of ether oxygens (including phenoxy) is 1. The van der Waals surface area contributed by atoms with E-state index in [1.807, 2.05) is 19.3 Å². The molecular formula is C13H20ClN3O. The molecule has 1 atom stereocenters. The largest absolute Gasteiger partial charge is 0.494 e. The molecule has 2 rings (SSSR count). The Morgan fingerprint density at radius 1 is 1.44 bits per heavy atom. The fraction of sp³-hybridized carbons (Fsp3) is 0.615. The summed E-state index contributed by atoms with van der Waals surface area (Å²) in [7, 11) is 3.59. The van der Waals surface area contributed by atoms with Gasteiger partial charge < -0.3 is 4.74 Å². The van der Waals surface area contributed by atoms with Crippen LogP contribution >= 0.6 is 11.6 Å². The van der Waals surface area contributed by atoms with E-state index in [2.05, 4.69) is 15.4 Å². The van der Waals surface area contributed by atoms with Gasteiger partial charge in [0.15, 0.2) is 10.9 Å². The van der Waals surface area contributed by atoms with E-state index in [9.17, 15) is 0 Å². The summed E-state index contributed by atoms with van der Waals surface area (Å²) >= 11 is 5.97. The van der Waals surface area contributed by atoms with E-state index in [0.29, 0.717) is 16.9 Å². The van der Waals surface area contributed by atoms with Crippen LogP contribution < -0.4 is 10.2 Å². The van der Waals surface area contributed by atoms with E-state index >= 15 is 0 Å². The summed E-state index contributed by atoms with van der Waals surface area (Å²) in [6, 6.07) is 2.34. The molecule has 0 spiro atoms. The zero-order chi connectivity index (χ0) is 13.0. The van der Waals surface area contributed by atoms with Gasteiger partial charge in [0.05, 0.1) is 13.2 Å². The minimum Gasteiger partial charge on any atom is -0.494 e. The highest BCUT2D eigenvalue weighted by Gasteiger charge is 2.22. The number of aromatic nitrogens is 1. The van der Waals surface area contributed by atoms with Crippen molar-refractivity contribution in [1.82, 2.24) is 15.4 Å². The van der Waals surface area contributed by atoms with Crippen LogP contribution in [0.25, 0.3) is 0 Å². The van der Waals surface area contributed by atoms with Crippen molar-refractivity contribution in [2.45, 2.75) is 31.7 Å². The lowest BCUT2D eigenvalue weighted by Crippen LogP contribution is -2.38. The first-order chi connectivity index (χ1) is 8.76. The van der Waals surface area contributed by atoms with Crippen LogP contribution in [0.2, 0.25) is 5.15 Å². The van der Waals surface area contributed by atoms with Crippen molar-refractivity contribution in [2.24, 2.45) is 0 Å². The molecule has 0 amide bonds. The quantitative estimate of drug-likeness (QED) is 0.857. The Balaban J connectivity index is 2.26. The van der Waals surface area contributed by atoms with Gasteiger partial charge in [-0.05, 0) is 31.5 Å². The van der Waals surface area contributed by atoms with Crippen LogP contribution in [-0.2, 0) is 0 Å². The SMILES string of the molecule is CNN1CCCCC[C@@H]1c1cnc(Cl)c(OC)c1. The van der Waals surface area contributed by atoms with E-state index in [-0.39, 0.29) is 0 Å². The van der Waals surface area contributed by atoms with Gasteiger partial charge >= 0.3 is 0 Å². The van der Waals surface area contributed by atoms with Crippen molar-refractivity contribution < 1.29 is 4.74 Å². The Labute approximate surface area is 113 Å². The van der Waals surface area contributed by atoms with Gasteiger partial charge in [-0.2, -0.15) is 0 Å². The molecule has 0 radical (unpaired) electrons. The number of nitrogens with zero attached hydrogens (tertiary/aromatic N) is 2. The smallest absolute Gasteiger partial charge is 0.171 e. The number of nitrogens with one attached hydrogen (secondary N) is 1. The molecule has 0 aromatic carbocycles. The van der Waals surface area contributed by atoms with Gasteiger partial charge in [-0.25, -0.2) is 9.99 Å². The summed E-state index contributed by atoms with van der Waals surface area (Å²) < 4.78 is 5.24. The molecule has 2 heterocycles. The fourth-order valence-corrected chi connectivity index (χ4v) is 2.67. The summed E-state index contributed by atoms with van der Waals surface area (Å²) in [5.41, 5.74) is 4.44. The molecule has 0 saturated carbocycles. The maximum Gasteiger partial charge on any atom is 0.171 e. The summed E-state index contributed by atoms with van der Waals surface area (Å²) in [5, 5.41) is 2.70. The molecule has 0 aliphatic carbocycles. The Kier molecular flexibility index (Phi) is 4.80. The third kappa shape index (κ3) is 2.94. The molecule has 0 bridgehead atoms. The molecule has 100 valence electrons. The third-order valence-corrected chi connectivity index (χ3v) is 3.76. The zero-order valence-electron chi connectivity index (χ0n) is 10.9. The highest BCUT2D eigenvalue weighted by atomic mass is 35.5. The van der Waals surface area contributed by atoms with Gasteiger partial charge in [0, 0.05) is 12.7 Å². The number of pyridine rings is 1. The van der Waals surface area contributed by atoms with Crippen molar-refractivity contribution >= 4 is 11.6 Å². The second-order valence-electron chi connectivity index (χ2n) is 4.54. The van der Waals surface area contributed by atoms with Crippen molar-refractivity contribution in [3.8, 4) is 5.75 Å². The normalized spacial score (nSPS) is 21.6. The average Bonchev–Trinajstić information content (AvgIpc) is 2.64. The summed E-state index contributed by atoms with van der Waals surface area (Å²) in [6.07, 6.45) is 6.74. The van der Waals surface area contributed by atoms with Crippen molar-refractivity contribution in [3.05, 3.63) is 23.0 Å². The summed E-state index contributed by atoms with van der Waals surface area (Å²) in [6.45, 7) is 1.06. The molecule has 18 heavy (non-hydrogen) atoms. The molecular weight excluding hydrogens is 250 g/mol. The number of hydrogen-bond acceptors (Lipinski definition) is 4. The van der Waals surface area contributed by atoms with Gasteiger partial charge in [0.25, 0.3) is 0 Å². The Morgan fingerprint density at radius 3 is 3.00 bits per heavy atom. The standard InChI is InChI=1S/C13H20ClN3O/c1-15-17-7-5-3-4-6-11(17)10-8-12(18-2)13(14)16-9-10/h8-9,11,15H,3-7H2,1-2H3/t11-/m1/s1. The number of rotatable bonds is 3. The number of hydrazine groups is 1. The van der Waals surface area contributed by atoms with Crippen LogP contribution in [0.5, 0.6) is 5.75 Å². The summed E-state index contributed by atoms with van der Waals surface area (Å²) in [4.78, 5) is 4.21. The topological polar surface area (TPSA) is 37.4 Å². The lowest BCUT2D eigenvalue weighted by Gasteiger charge is -2.29. The Hall–Kier alpha value is -0.840. The number of methoxy groups -OCH3 is 1. The van der Waals surface area contributed by atoms with Gasteiger partial charge in [-0.15, -0.1) is 0 Å². The lowest BCUT2D eigenvalue weighted by molar-refractivity contribution is 0.142. The lowest BCUT2D eigenvalue weighted by atomic mass is 10.0. The van der Waals surface area contributed by atoms with E-state index in [1.54, 1.807) is 7.11 Å². The fourth-order valence-electron chi connectivity index (χ4n) is 2.49. The number of hydrogen-bond donors (Lipinski definition) is 1. The minimum atomic E-state index is 0.344. The second kappa shape index (κ2) is 6.36. The molecule has 1 aliphatic heterocycles. The minimum absolute atomic E-state index is 0.344. The van der Waals surface area contributed by atoms with Crippen LogP contribution in [0, 0.1) is 0 Å². The monoisotopic (exact) mass is 269 g/mol. The predicted octanol–water partition coefficient (Wildman–Crippen LogP) is 2.80. The second-order valence-corrected chi connectivity index (χ2v) is 4.90. The predicted molar refractivity (Wildman–Crippen MR) is 72.8 cm³/mol. The van der Waals surface area contributed by atoms with Crippen molar-refractivity contribution in [2.75, 3.05) is 20.7 Å². The maximum atomic E-state index is 5.97. The molecule has 5 heteroatoms. The van der Waals surface area contributed by atoms with Crippen molar-refractivity contribution in [3.63, 3.8) is 0 Å². The Morgan fingerprint density at radius 2 is 2.28 bits per heavy atom. The van der Waals surface area contributed by atoms with Crippen LogP contribution in [0.4, 0.5) is 0 Å². The van der Waals surface area contributed by atoms with Gasteiger partial charge in [0.2, 0.25) is 0 Å². The van der Waals surface area contributed by atoms with Gasteiger partial charge in [-0.1, -0.05) is 24.4 Å². The first kappa shape index (κ1) is 13.6. The van der Waals surface area contributed by atoms with Crippen LogP contribution in [0.3, 0.4) is 0 Å². The maximum absolute atomic E-state index is 5.97. The molecule has 1 aliphatic rings. The molecule has 1 saturated heterocycles. The van der Waals surface area contributed by atoms with E-state index in [0.717, 1.165) is 18.5 Å². The Bertz CT molecular complexity index is 400. The van der Waals surface area contributed by atoms with E-state index in [4.69, 9.17) is 16.3 Å². The first-order valence-corrected chi connectivity index (χ1v) is 6.77. The molecule has 1 aromatic heterocycles. The highest BCUT2D eigenvalue weighted by molar-refractivity contribution is 6.30. The molecule has 0 unspecified atom stereocenters. The van der Waals surface area contributed by atoms with Crippen LogP contribution in [0.1, 0.15) is 37.3 Å². The van der Waals surface area contributed by atoms with Gasteiger partial charge in [0.1, 0.15) is 0 Å². The van der Waals surface area contributed by atoms with Crippen LogP contribution in [0.15, 0.2) is 12.3 Å². The first-order valence-electron chi connectivity index (χ1n) is 6.39. The number of halogens is 1. The van der Waals surface area contributed by atoms with E-state index < -0.39 is 0 Å². The van der Waals surface area contributed by atoms with E-state index in [1.165, 1.54) is 19.3 Å². The van der Waals surface area contributed by atoms with Crippen molar-refractivity contribution in [1.29, 1.82) is 0 Å². The third-order valence-electron chi connectivity index (χ3n) is 3.47.